The molecule has 0 aliphatic carbocycles. The van der Waals surface area contributed by atoms with Gasteiger partial charge in [0.15, 0.2) is 0 Å². The highest BCUT2D eigenvalue weighted by atomic mass is 35.5. The van der Waals surface area contributed by atoms with Crippen LogP contribution in [0.3, 0.4) is 0 Å². The second-order valence-corrected chi connectivity index (χ2v) is 10.0. The Bertz CT molecular complexity index is 1600. The van der Waals surface area contributed by atoms with Crippen LogP contribution in [0.25, 0.3) is 5.69 Å². The number of halogens is 5. The predicted octanol–water partition coefficient (Wildman–Crippen LogP) is 5.44. The molecule has 0 fully saturated rings. The average Bonchev–Trinajstić information content (AvgIpc) is 3.44. The van der Waals surface area contributed by atoms with Crippen molar-refractivity contribution in [1.82, 2.24) is 20.4 Å². The second kappa shape index (κ2) is 14.2. The number of alkyl halides is 5. The summed E-state index contributed by atoms with van der Waals surface area (Å²) in [5.41, 5.74) is -0.578. The summed E-state index contributed by atoms with van der Waals surface area (Å²) in [6.45, 7) is 2.45. The molecule has 0 spiro atoms. The number of benzene rings is 3. The van der Waals surface area contributed by atoms with Crippen molar-refractivity contribution in [2.75, 3.05) is 11.4 Å². The topological polar surface area (TPSA) is 96.3 Å². The molecular weight excluding hydrogens is 602 g/mol. The highest BCUT2D eigenvalue weighted by molar-refractivity contribution is 6.29. The Morgan fingerprint density at radius 3 is 2.30 bits per heavy atom. The van der Waals surface area contributed by atoms with E-state index in [0.717, 1.165) is 28.9 Å². The van der Waals surface area contributed by atoms with Gasteiger partial charge in [-0.3, -0.25) is 19.3 Å². The largest absolute Gasteiger partial charge is 0.416 e. The van der Waals surface area contributed by atoms with Gasteiger partial charge >= 0.3 is 6.18 Å². The molecule has 44 heavy (non-hydrogen) atoms. The van der Waals surface area contributed by atoms with Crippen LogP contribution in [0.5, 0.6) is 0 Å². The minimum Gasteiger partial charge on any atom is -0.348 e. The number of likely N-dealkylation sites (N-methyl/N-ethyl adjacent to an activating group) is 1. The van der Waals surface area contributed by atoms with E-state index in [2.05, 4.69) is 15.7 Å². The highest BCUT2D eigenvalue weighted by Crippen LogP contribution is 2.31. The predicted molar refractivity (Wildman–Crippen MR) is 157 cm³/mol. The zero-order chi connectivity index (χ0) is 31.9. The Morgan fingerprint density at radius 1 is 1.02 bits per heavy atom. The standard InChI is InChI=1S/C22H19F3N4O2.C9H9ClFNO/c1-2-28-20-15(13-26-29(20)17-9-4-3-5-10-17)12-18(21(28)31)27-19(30)14-7-6-8-16(11-14)22(23,24)25;10-8(11)9(13)12-6-7-4-2-1-3-5-7/h3-11,13,18H,2,12H2,1H3,(H,27,30);1-5,8H,6H2,(H,12,13). The molecule has 0 saturated heterocycles. The van der Waals surface area contributed by atoms with Gasteiger partial charge in [0.05, 0.1) is 17.4 Å². The maximum absolute atomic E-state index is 13.1. The summed E-state index contributed by atoms with van der Waals surface area (Å²) in [6, 6.07) is 21.8. The van der Waals surface area contributed by atoms with E-state index < -0.39 is 35.2 Å². The van der Waals surface area contributed by atoms with Crippen LogP contribution >= 0.6 is 11.6 Å². The normalized spacial score (nSPS) is 15.0. The number of anilines is 1. The number of carbonyl (C=O) groups is 3. The molecule has 2 N–H and O–H groups in total. The number of nitrogens with zero attached hydrogens (tertiary/aromatic N) is 3. The molecule has 3 aromatic carbocycles. The third-order valence-electron chi connectivity index (χ3n) is 6.64. The molecule has 0 radical (unpaired) electrons. The molecule has 3 amide bonds. The quantitative estimate of drug-likeness (QED) is 0.210. The van der Waals surface area contributed by atoms with Crippen molar-refractivity contribution in [1.29, 1.82) is 0 Å². The van der Waals surface area contributed by atoms with Gasteiger partial charge in [-0.15, -0.1) is 0 Å². The molecule has 2 atom stereocenters. The molecule has 1 aromatic heterocycles. The average molecular weight is 630 g/mol. The molecule has 5 rings (SSSR count). The van der Waals surface area contributed by atoms with Gasteiger partial charge in [-0.25, -0.2) is 9.07 Å². The van der Waals surface area contributed by atoms with Gasteiger partial charge in [-0.05, 0) is 42.8 Å². The van der Waals surface area contributed by atoms with Crippen molar-refractivity contribution in [3.05, 3.63) is 113 Å². The first-order valence-corrected chi connectivity index (χ1v) is 13.9. The highest BCUT2D eigenvalue weighted by Gasteiger charge is 2.37. The summed E-state index contributed by atoms with van der Waals surface area (Å²) in [4.78, 5) is 37.9. The fourth-order valence-electron chi connectivity index (χ4n) is 4.52. The number of carbonyl (C=O) groups excluding carboxylic acids is 3. The van der Waals surface area contributed by atoms with Crippen LogP contribution in [0, 0.1) is 0 Å². The Kier molecular flexibility index (Phi) is 10.4. The van der Waals surface area contributed by atoms with E-state index in [9.17, 15) is 31.9 Å². The van der Waals surface area contributed by atoms with Gasteiger partial charge in [0, 0.05) is 30.6 Å². The molecule has 8 nitrogen and oxygen atoms in total. The van der Waals surface area contributed by atoms with Gasteiger partial charge < -0.3 is 10.6 Å². The lowest BCUT2D eigenvalue weighted by molar-refractivity contribution is -0.137. The van der Waals surface area contributed by atoms with E-state index >= 15 is 0 Å². The number of fused-ring (bicyclic) bond motifs is 1. The number of hydrogen-bond acceptors (Lipinski definition) is 4. The molecule has 230 valence electrons. The van der Waals surface area contributed by atoms with Crippen molar-refractivity contribution in [3.63, 3.8) is 0 Å². The van der Waals surface area contributed by atoms with Crippen molar-refractivity contribution < 1.29 is 31.9 Å². The Morgan fingerprint density at radius 2 is 1.68 bits per heavy atom. The van der Waals surface area contributed by atoms with E-state index in [4.69, 9.17) is 11.6 Å². The van der Waals surface area contributed by atoms with Crippen molar-refractivity contribution >= 4 is 35.1 Å². The van der Waals surface area contributed by atoms with Gasteiger partial charge in [0.1, 0.15) is 11.9 Å². The first kappa shape index (κ1) is 32.2. The first-order valence-electron chi connectivity index (χ1n) is 13.5. The minimum atomic E-state index is -4.56. The first-order chi connectivity index (χ1) is 21.0. The smallest absolute Gasteiger partial charge is 0.348 e. The SMILES string of the molecule is CCN1C(=O)C(NC(=O)c2cccc(C(F)(F)F)c2)Cc2cnn(-c3ccccc3)c21.O=C(NCc1ccccc1)C(F)Cl. The van der Waals surface area contributed by atoms with Crippen molar-refractivity contribution in [2.45, 2.75) is 37.7 Å². The summed E-state index contributed by atoms with van der Waals surface area (Å²) in [6.07, 6.45) is -2.72. The number of rotatable bonds is 7. The van der Waals surface area contributed by atoms with Crippen molar-refractivity contribution in [2.24, 2.45) is 0 Å². The lowest BCUT2D eigenvalue weighted by Gasteiger charge is -2.32. The summed E-state index contributed by atoms with van der Waals surface area (Å²) in [5, 5.41) is 9.33. The number of amides is 3. The fraction of sp³-hybridized carbons (Fsp3) is 0.226. The van der Waals surface area contributed by atoms with E-state index in [0.29, 0.717) is 18.9 Å². The summed E-state index contributed by atoms with van der Waals surface area (Å²) < 4.78 is 52.7. The molecule has 1 aliphatic heterocycles. The van der Waals surface area contributed by atoms with Crippen LogP contribution in [-0.4, -0.2) is 45.7 Å². The van der Waals surface area contributed by atoms with E-state index in [1.165, 1.54) is 17.0 Å². The molecular formula is C31H28ClF4N5O3. The van der Waals surface area contributed by atoms with Crippen LogP contribution in [0.4, 0.5) is 23.4 Å². The van der Waals surface area contributed by atoms with Crippen LogP contribution in [0.2, 0.25) is 0 Å². The Hall–Kier alpha value is -4.71. The lowest BCUT2D eigenvalue weighted by atomic mass is 10.0. The second-order valence-electron chi connectivity index (χ2n) is 9.64. The summed E-state index contributed by atoms with van der Waals surface area (Å²) >= 11 is 4.92. The summed E-state index contributed by atoms with van der Waals surface area (Å²) in [7, 11) is 0. The molecule has 1 aliphatic rings. The molecule has 0 bridgehead atoms. The van der Waals surface area contributed by atoms with Gasteiger partial charge in [-0.2, -0.15) is 18.3 Å². The number of nitrogens with one attached hydrogen (secondary N) is 2. The monoisotopic (exact) mass is 629 g/mol. The molecule has 13 heteroatoms. The summed E-state index contributed by atoms with van der Waals surface area (Å²) in [5.74, 6) is -1.25. The molecule has 4 aromatic rings. The van der Waals surface area contributed by atoms with E-state index in [-0.39, 0.29) is 17.9 Å². The third kappa shape index (κ3) is 7.81. The maximum atomic E-state index is 13.1. The number of aromatic nitrogens is 2. The zero-order valence-electron chi connectivity index (χ0n) is 23.4. The molecule has 2 unspecified atom stereocenters. The van der Waals surface area contributed by atoms with Crippen molar-refractivity contribution in [3.8, 4) is 5.69 Å². The van der Waals surface area contributed by atoms with Crippen LogP contribution < -0.4 is 15.5 Å². The third-order valence-corrected chi connectivity index (χ3v) is 6.84. The minimum absolute atomic E-state index is 0.156. The Balaban J connectivity index is 0.000000285. The zero-order valence-corrected chi connectivity index (χ0v) is 24.1. The Labute approximate surface area is 255 Å². The van der Waals surface area contributed by atoms with Crippen LogP contribution in [0.15, 0.2) is 91.1 Å². The molecule has 0 saturated carbocycles. The lowest BCUT2D eigenvalue weighted by Crippen LogP contribution is -2.53. The fourth-order valence-corrected chi connectivity index (χ4v) is 4.60. The van der Waals surface area contributed by atoms with Gasteiger partial charge in [0.2, 0.25) is 0 Å². The molecule has 2 heterocycles. The van der Waals surface area contributed by atoms with E-state index in [1.54, 1.807) is 17.8 Å². The van der Waals surface area contributed by atoms with Gasteiger partial charge in [0.25, 0.3) is 23.4 Å². The maximum Gasteiger partial charge on any atom is 0.416 e. The van der Waals surface area contributed by atoms with E-state index in [1.807, 2.05) is 60.7 Å². The van der Waals surface area contributed by atoms with Crippen LogP contribution in [-0.2, 0) is 28.7 Å². The number of para-hydroxylation sites is 1. The van der Waals surface area contributed by atoms with Gasteiger partial charge in [-0.1, -0.05) is 66.2 Å². The number of hydrogen-bond donors (Lipinski definition) is 2. The van der Waals surface area contributed by atoms with Crippen LogP contribution in [0.1, 0.15) is 34.0 Å².